The lowest BCUT2D eigenvalue weighted by molar-refractivity contribution is -0.132. The first kappa shape index (κ1) is 20.9. The van der Waals surface area contributed by atoms with E-state index in [2.05, 4.69) is 21.1 Å². The van der Waals surface area contributed by atoms with Crippen molar-refractivity contribution in [1.82, 2.24) is 5.16 Å². The molecule has 31 heavy (non-hydrogen) atoms. The van der Waals surface area contributed by atoms with Crippen molar-refractivity contribution in [2.24, 2.45) is 0 Å². The average molecular weight is 483 g/mol. The van der Waals surface area contributed by atoms with Gasteiger partial charge in [-0.25, -0.2) is 0 Å². The Hall–Kier alpha value is -3.39. The molecule has 0 unspecified atom stereocenters. The number of ketones is 1. The summed E-state index contributed by atoms with van der Waals surface area (Å²) >= 11 is 3.40. The zero-order chi connectivity index (χ0) is 22.3. The average Bonchev–Trinajstić information content (AvgIpc) is 3.29. The number of aromatic nitrogens is 1. The molecule has 0 spiro atoms. The minimum Gasteiger partial charge on any atom is -0.507 e. The summed E-state index contributed by atoms with van der Waals surface area (Å²) in [5.74, 6) is -0.485. The highest BCUT2D eigenvalue weighted by Crippen LogP contribution is 2.42. The molecule has 8 heteroatoms. The topological polar surface area (TPSA) is 92.9 Å². The molecule has 0 saturated carbocycles. The Morgan fingerprint density at radius 1 is 1.13 bits per heavy atom. The van der Waals surface area contributed by atoms with Crippen LogP contribution in [-0.4, -0.2) is 29.1 Å². The summed E-state index contributed by atoms with van der Waals surface area (Å²) in [6.45, 7) is 3.53. The van der Waals surface area contributed by atoms with Gasteiger partial charge < -0.3 is 14.4 Å². The fourth-order valence-electron chi connectivity index (χ4n) is 3.68. The van der Waals surface area contributed by atoms with Crippen LogP contribution in [0.3, 0.4) is 0 Å². The van der Waals surface area contributed by atoms with Crippen LogP contribution < -0.4 is 9.64 Å². The summed E-state index contributed by atoms with van der Waals surface area (Å²) in [7, 11) is 1.56. The second-order valence-corrected chi connectivity index (χ2v) is 8.12. The molecule has 158 valence electrons. The van der Waals surface area contributed by atoms with Crippen LogP contribution in [0, 0.1) is 13.8 Å². The number of halogens is 1. The Bertz CT molecular complexity index is 1210. The molecular formula is C23H19BrN2O5. The van der Waals surface area contributed by atoms with Crippen molar-refractivity contribution in [3.63, 3.8) is 0 Å². The first-order chi connectivity index (χ1) is 14.8. The molecule has 7 nitrogen and oxygen atoms in total. The fourth-order valence-corrected chi connectivity index (χ4v) is 3.94. The van der Waals surface area contributed by atoms with Gasteiger partial charge in [0.1, 0.15) is 17.3 Å². The number of hydrogen-bond donors (Lipinski definition) is 1. The van der Waals surface area contributed by atoms with Crippen molar-refractivity contribution in [3.8, 4) is 5.75 Å². The minimum atomic E-state index is -0.861. The largest absolute Gasteiger partial charge is 0.507 e. The Balaban J connectivity index is 1.93. The number of carbonyl (C=O) groups is 2. The third-order valence-electron chi connectivity index (χ3n) is 5.16. The second-order valence-electron chi connectivity index (χ2n) is 7.20. The number of amides is 1. The van der Waals surface area contributed by atoms with Gasteiger partial charge in [-0.1, -0.05) is 33.2 Å². The van der Waals surface area contributed by atoms with Crippen molar-refractivity contribution in [1.29, 1.82) is 0 Å². The third kappa shape index (κ3) is 3.63. The monoisotopic (exact) mass is 482 g/mol. The van der Waals surface area contributed by atoms with E-state index in [-0.39, 0.29) is 17.2 Å². The standard InChI is InChI=1S/C23H19BrN2O5/c1-12-10-15(6-9-17(12)30-3)21(27)19-20(14-4-7-16(24)8-5-14)26(23(29)22(19)28)18-11-13(2)31-25-18/h4-11,20,27H,1-3H3/b21-19+/t20-/m1/s1. The summed E-state index contributed by atoms with van der Waals surface area (Å²) in [6.07, 6.45) is 0. The van der Waals surface area contributed by atoms with Crippen molar-refractivity contribution in [2.45, 2.75) is 19.9 Å². The van der Waals surface area contributed by atoms with Crippen molar-refractivity contribution in [3.05, 3.63) is 81.0 Å². The molecule has 1 aromatic heterocycles. The normalized spacial score (nSPS) is 17.9. The van der Waals surface area contributed by atoms with Crippen LogP contribution in [0.25, 0.3) is 5.76 Å². The van der Waals surface area contributed by atoms with Crippen molar-refractivity contribution < 1.29 is 24.0 Å². The van der Waals surface area contributed by atoms with Gasteiger partial charge in [-0.15, -0.1) is 0 Å². The number of methoxy groups -OCH3 is 1. The summed E-state index contributed by atoms with van der Waals surface area (Å²) < 4.78 is 11.2. The van der Waals surface area contributed by atoms with E-state index >= 15 is 0 Å². The van der Waals surface area contributed by atoms with Crippen LogP contribution in [-0.2, 0) is 9.59 Å². The molecule has 4 rings (SSSR count). The Morgan fingerprint density at radius 2 is 1.84 bits per heavy atom. The SMILES string of the molecule is COc1ccc(/C(O)=C2\C(=O)C(=O)N(c3cc(C)on3)[C@@H]2c2ccc(Br)cc2)cc1C. The highest BCUT2D eigenvalue weighted by atomic mass is 79.9. The van der Waals surface area contributed by atoms with Gasteiger partial charge in [0.25, 0.3) is 5.78 Å². The Morgan fingerprint density at radius 3 is 2.42 bits per heavy atom. The van der Waals surface area contributed by atoms with Crippen LogP contribution in [0.1, 0.15) is 28.5 Å². The molecular weight excluding hydrogens is 464 g/mol. The maximum Gasteiger partial charge on any atom is 0.301 e. The van der Waals surface area contributed by atoms with Gasteiger partial charge in [-0.05, 0) is 55.3 Å². The maximum absolute atomic E-state index is 13.1. The number of ether oxygens (including phenoxy) is 1. The van der Waals surface area contributed by atoms with Crippen LogP contribution in [0.15, 0.2) is 63.1 Å². The number of carbonyl (C=O) groups excluding carboxylic acids is 2. The summed E-state index contributed by atoms with van der Waals surface area (Å²) in [5.41, 5.74) is 1.83. The molecule has 2 aromatic carbocycles. The van der Waals surface area contributed by atoms with Gasteiger partial charge in [0.2, 0.25) is 0 Å². The molecule has 0 aliphatic carbocycles. The lowest BCUT2D eigenvalue weighted by Crippen LogP contribution is -2.29. The molecule has 0 bridgehead atoms. The summed E-state index contributed by atoms with van der Waals surface area (Å²) in [6, 6.07) is 13.0. The third-order valence-corrected chi connectivity index (χ3v) is 5.69. The maximum atomic E-state index is 13.1. The number of nitrogens with zero attached hydrogens (tertiary/aromatic N) is 2. The molecule has 1 aliphatic heterocycles. The molecule has 1 atom stereocenters. The van der Waals surface area contributed by atoms with Gasteiger partial charge in [-0.2, -0.15) is 0 Å². The van der Waals surface area contributed by atoms with Gasteiger partial charge in [0.15, 0.2) is 5.82 Å². The zero-order valence-electron chi connectivity index (χ0n) is 17.0. The van der Waals surface area contributed by atoms with E-state index in [1.54, 1.807) is 62.6 Å². The summed E-state index contributed by atoms with van der Waals surface area (Å²) in [5, 5.41) is 15.1. The van der Waals surface area contributed by atoms with Gasteiger partial charge >= 0.3 is 5.91 Å². The fraction of sp³-hybridized carbons (Fsp3) is 0.174. The number of aryl methyl sites for hydroxylation is 2. The second kappa shape index (κ2) is 8.03. The van der Waals surface area contributed by atoms with E-state index in [1.165, 1.54) is 4.90 Å². The van der Waals surface area contributed by atoms with E-state index in [9.17, 15) is 14.7 Å². The molecule has 1 fully saturated rings. The Kier molecular flexibility index (Phi) is 5.41. The van der Waals surface area contributed by atoms with Crippen molar-refractivity contribution in [2.75, 3.05) is 12.0 Å². The smallest absolute Gasteiger partial charge is 0.301 e. The van der Waals surface area contributed by atoms with Gasteiger partial charge in [-0.3, -0.25) is 14.5 Å². The first-order valence-electron chi connectivity index (χ1n) is 9.46. The van der Waals surface area contributed by atoms with E-state index < -0.39 is 17.7 Å². The quantitative estimate of drug-likeness (QED) is 0.329. The van der Waals surface area contributed by atoms with Gasteiger partial charge in [0.05, 0.1) is 18.7 Å². The first-order valence-corrected chi connectivity index (χ1v) is 10.3. The number of aliphatic hydroxyl groups excluding tert-OH is 1. The molecule has 3 aromatic rings. The Labute approximate surface area is 187 Å². The number of anilines is 1. The minimum absolute atomic E-state index is 0.0162. The number of aliphatic hydroxyl groups is 1. The van der Waals surface area contributed by atoms with Gasteiger partial charge in [0, 0.05) is 16.1 Å². The highest BCUT2D eigenvalue weighted by Gasteiger charge is 2.48. The van der Waals surface area contributed by atoms with Crippen molar-refractivity contribution >= 4 is 39.2 Å². The molecule has 1 N–H and O–H groups in total. The van der Waals surface area contributed by atoms with E-state index in [1.807, 2.05) is 6.92 Å². The van der Waals surface area contributed by atoms with Crippen LogP contribution in [0.5, 0.6) is 5.75 Å². The number of Topliss-reactive ketones (excluding diaryl/α,β-unsaturated/α-hetero) is 1. The molecule has 1 saturated heterocycles. The molecule has 1 amide bonds. The van der Waals surface area contributed by atoms with E-state index in [0.29, 0.717) is 22.6 Å². The van der Waals surface area contributed by atoms with E-state index in [4.69, 9.17) is 9.26 Å². The number of hydrogen-bond acceptors (Lipinski definition) is 6. The molecule has 2 heterocycles. The molecule has 1 aliphatic rings. The van der Waals surface area contributed by atoms with Crippen LogP contribution >= 0.6 is 15.9 Å². The van der Waals surface area contributed by atoms with E-state index in [0.717, 1.165) is 10.0 Å². The predicted molar refractivity (Wildman–Crippen MR) is 118 cm³/mol. The lowest BCUT2D eigenvalue weighted by atomic mass is 9.95. The van der Waals surface area contributed by atoms with Crippen LogP contribution in [0.2, 0.25) is 0 Å². The number of benzene rings is 2. The number of rotatable bonds is 4. The van der Waals surface area contributed by atoms with Crippen LogP contribution in [0.4, 0.5) is 5.82 Å². The summed E-state index contributed by atoms with van der Waals surface area (Å²) in [4.78, 5) is 27.3. The predicted octanol–water partition coefficient (Wildman–Crippen LogP) is 4.69. The lowest BCUT2D eigenvalue weighted by Gasteiger charge is -2.23. The molecule has 0 radical (unpaired) electrons. The highest BCUT2D eigenvalue weighted by molar-refractivity contribution is 9.10. The zero-order valence-corrected chi connectivity index (χ0v) is 18.6.